The Morgan fingerprint density at radius 1 is 1.05 bits per heavy atom. The molecule has 1 N–H and O–H groups in total. The summed E-state index contributed by atoms with van der Waals surface area (Å²) >= 11 is 12.4. The Hall–Kier alpha value is -3.21. The van der Waals surface area contributed by atoms with Gasteiger partial charge in [0.15, 0.2) is 24.0 Å². The van der Waals surface area contributed by atoms with Crippen LogP contribution in [-0.2, 0) is 0 Å². The molecule has 0 unspecified atom stereocenters. The number of ketones is 1. The maximum absolute atomic E-state index is 14.4. The van der Waals surface area contributed by atoms with Crippen LogP contribution in [0, 0.1) is 11.2 Å². The molecule has 1 aromatic heterocycles. The summed E-state index contributed by atoms with van der Waals surface area (Å²) in [4.78, 5) is 30.9. The number of benzene rings is 2. The molecule has 0 aliphatic carbocycles. The van der Waals surface area contributed by atoms with Gasteiger partial charge in [0, 0.05) is 48.0 Å². The molecule has 2 aromatic carbocycles. The Morgan fingerprint density at radius 2 is 1.76 bits per heavy atom. The summed E-state index contributed by atoms with van der Waals surface area (Å²) in [6.45, 7) is 2.24. The number of aliphatic hydroxyl groups excluding tert-OH is 1. The van der Waals surface area contributed by atoms with Crippen molar-refractivity contribution in [2.75, 3.05) is 25.2 Å². The molecule has 0 aliphatic heterocycles. The topological polar surface area (TPSA) is 79.7 Å². The van der Waals surface area contributed by atoms with Gasteiger partial charge in [-0.3, -0.25) is 14.5 Å². The molecule has 12 heteroatoms. The first-order chi connectivity index (χ1) is 19.6. The van der Waals surface area contributed by atoms with Crippen molar-refractivity contribution in [3.63, 3.8) is 0 Å². The van der Waals surface area contributed by atoms with Crippen LogP contribution in [0.3, 0.4) is 0 Å². The molecule has 0 atom stereocenters. The number of Topliss-reactive ketones (excluding diaryl/α,β-unsaturated/α-hetero) is 1. The number of hydrogen-bond donors (Lipinski definition) is 1. The fourth-order valence-corrected chi connectivity index (χ4v) is 4.57. The van der Waals surface area contributed by atoms with Crippen molar-refractivity contribution in [3.8, 4) is 16.9 Å². The van der Waals surface area contributed by atoms with Crippen LogP contribution < -0.4 is 9.64 Å². The van der Waals surface area contributed by atoms with Gasteiger partial charge in [-0.1, -0.05) is 49.5 Å². The average Bonchev–Trinajstić information content (AvgIpc) is 2.93. The molecule has 6 nitrogen and oxygen atoms in total. The molecule has 3 rings (SSSR count). The highest BCUT2D eigenvalue weighted by Gasteiger charge is 2.31. The Balaban J connectivity index is 1.93. The van der Waals surface area contributed by atoms with Crippen LogP contribution in [0.25, 0.3) is 11.1 Å². The third-order valence-electron chi connectivity index (χ3n) is 6.56. The number of ether oxygens (including phenoxy) is 1. The predicted octanol–water partition coefficient (Wildman–Crippen LogP) is 8.17. The second-order valence-corrected chi connectivity index (χ2v) is 11.4. The van der Waals surface area contributed by atoms with E-state index in [2.05, 4.69) is 4.98 Å². The van der Waals surface area contributed by atoms with Crippen LogP contribution in [0.15, 0.2) is 48.7 Å². The number of alkyl halides is 3. The van der Waals surface area contributed by atoms with Crippen LogP contribution in [0.4, 0.5) is 23.4 Å². The minimum atomic E-state index is -4.71. The van der Waals surface area contributed by atoms with Gasteiger partial charge in [0.1, 0.15) is 5.82 Å². The lowest BCUT2D eigenvalue weighted by Gasteiger charge is -2.22. The summed E-state index contributed by atoms with van der Waals surface area (Å²) in [6.07, 6.45) is -1.09. The number of hydrogen-bond acceptors (Lipinski definition) is 5. The molecule has 42 heavy (non-hydrogen) atoms. The molecule has 0 saturated carbocycles. The first-order valence-electron chi connectivity index (χ1n) is 13.0. The van der Waals surface area contributed by atoms with E-state index in [-0.39, 0.29) is 45.7 Å². The number of rotatable bonds is 12. The smallest absolute Gasteiger partial charge is 0.422 e. The first-order valence-corrected chi connectivity index (χ1v) is 13.7. The second kappa shape index (κ2) is 13.8. The Kier molecular flexibility index (Phi) is 11.0. The summed E-state index contributed by atoms with van der Waals surface area (Å²) in [7, 11) is 1.20. The minimum Gasteiger partial charge on any atom is -0.480 e. The number of amides is 1. The standard InChI is InChI=1S/C30H30Cl2F4N2O4/c1-29(2,16-39)12-5-4-9-24(40)18-10-11-21(31)20(13-18)19-14-25(42-17-30(34,35)36)27(37-15-19)38(3)28(41)26-22(32)7-6-8-23(26)33/h6-8,10-11,13-15,39H,4-5,9,12,16-17H2,1-3H3. The van der Waals surface area contributed by atoms with Crippen LogP contribution in [0.2, 0.25) is 10.0 Å². The van der Waals surface area contributed by atoms with Crippen molar-refractivity contribution in [3.05, 3.63) is 75.7 Å². The lowest BCUT2D eigenvalue weighted by atomic mass is 9.87. The molecule has 1 amide bonds. The van der Waals surface area contributed by atoms with Gasteiger partial charge in [-0.15, -0.1) is 0 Å². The largest absolute Gasteiger partial charge is 0.480 e. The van der Waals surface area contributed by atoms with Crippen LogP contribution in [-0.4, -0.2) is 48.2 Å². The monoisotopic (exact) mass is 628 g/mol. The van der Waals surface area contributed by atoms with Gasteiger partial charge >= 0.3 is 6.18 Å². The number of aromatic nitrogens is 1. The van der Waals surface area contributed by atoms with Gasteiger partial charge in [0.05, 0.1) is 10.6 Å². The van der Waals surface area contributed by atoms with Crippen LogP contribution in [0.1, 0.15) is 60.2 Å². The quantitative estimate of drug-likeness (QED) is 0.124. The number of pyridine rings is 1. The van der Waals surface area contributed by atoms with Crippen LogP contribution in [0.5, 0.6) is 5.75 Å². The molecule has 226 valence electrons. The van der Waals surface area contributed by atoms with Crippen molar-refractivity contribution in [2.45, 2.75) is 45.7 Å². The third kappa shape index (κ3) is 8.65. The number of aliphatic hydroxyl groups is 1. The van der Waals surface area contributed by atoms with Gasteiger partial charge in [-0.25, -0.2) is 9.37 Å². The number of anilines is 1. The van der Waals surface area contributed by atoms with Crippen molar-refractivity contribution in [1.29, 1.82) is 0 Å². The van der Waals surface area contributed by atoms with E-state index in [9.17, 15) is 32.3 Å². The summed E-state index contributed by atoms with van der Waals surface area (Å²) in [5.41, 5.74) is 0.167. The highest BCUT2D eigenvalue weighted by Crippen LogP contribution is 2.36. The number of carbonyl (C=O) groups is 2. The number of carbonyl (C=O) groups excluding carboxylic acids is 2. The minimum absolute atomic E-state index is 0.0455. The maximum Gasteiger partial charge on any atom is 0.422 e. The molecule has 0 aliphatic rings. The van der Waals surface area contributed by atoms with Gasteiger partial charge < -0.3 is 9.84 Å². The van der Waals surface area contributed by atoms with Crippen molar-refractivity contribution < 1.29 is 37.0 Å². The lowest BCUT2D eigenvalue weighted by Crippen LogP contribution is -2.29. The molecule has 0 spiro atoms. The summed E-state index contributed by atoms with van der Waals surface area (Å²) in [5.74, 6) is -2.77. The van der Waals surface area contributed by atoms with E-state index >= 15 is 0 Å². The zero-order valence-electron chi connectivity index (χ0n) is 23.2. The third-order valence-corrected chi connectivity index (χ3v) is 7.20. The summed E-state index contributed by atoms with van der Waals surface area (Å²) in [5, 5.41) is 9.41. The van der Waals surface area contributed by atoms with Crippen molar-refractivity contribution in [1.82, 2.24) is 4.98 Å². The van der Waals surface area contributed by atoms with Gasteiger partial charge in [0.2, 0.25) is 0 Å². The molecule has 0 radical (unpaired) electrons. The molecule has 0 fully saturated rings. The van der Waals surface area contributed by atoms with E-state index < -0.39 is 35.8 Å². The molecule has 0 bridgehead atoms. The lowest BCUT2D eigenvalue weighted by molar-refractivity contribution is -0.153. The van der Waals surface area contributed by atoms with E-state index in [0.29, 0.717) is 17.5 Å². The van der Waals surface area contributed by atoms with E-state index in [1.165, 1.54) is 43.6 Å². The Bertz CT molecular complexity index is 1430. The Labute approximate surface area is 251 Å². The zero-order valence-corrected chi connectivity index (χ0v) is 24.7. The molecular formula is C30H30Cl2F4N2O4. The number of halogens is 6. The highest BCUT2D eigenvalue weighted by atomic mass is 35.5. The summed E-state index contributed by atoms with van der Waals surface area (Å²) in [6, 6.07) is 9.41. The van der Waals surface area contributed by atoms with Crippen molar-refractivity contribution in [2.24, 2.45) is 5.41 Å². The maximum atomic E-state index is 14.4. The van der Waals surface area contributed by atoms with Crippen molar-refractivity contribution >= 4 is 40.7 Å². The molecule has 1 heterocycles. The van der Waals surface area contributed by atoms with Gasteiger partial charge in [-0.05, 0) is 54.7 Å². The van der Waals surface area contributed by atoms with Gasteiger partial charge in [-0.2, -0.15) is 13.2 Å². The fourth-order valence-electron chi connectivity index (χ4n) is 4.10. The summed E-state index contributed by atoms with van der Waals surface area (Å²) < 4.78 is 58.7. The van der Waals surface area contributed by atoms with E-state index in [1.54, 1.807) is 6.07 Å². The first kappa shape index (κ1) is 33.3. The van der Waals surface area contributed by atoms with E-state index in [0.717, 1.165) is 23.8 Å². The molecule has 0 saturated heterocycles. The molecule has 3 aromatic rings. The SMILES string of the molecule is CN(C(=O)c1c(F)cccc1Cl)c1ncc(-c2cc(C(=O)CCCCC(C)(C)CO)ccc2Cl)cc1OCC(F)(F)F. The zero-order chi connectivity index (χ0) is 31.2. The highest BCUT2D eigenvalue weighted by molar-refractivity contribution is 6.34. The van der Waals surface area contributed by atoms with E-state index in [1.807, 2.05) is 13.8 Å². The van der Waals surface area contributed by atoms with E-state index in [4.69, 9.17) is 27.9 Å². The number of unbranched alkanes of at least 4 members (excludes halogenated alkanes) is 1. The molecular weight excluding hydrogens is 599 g/mol. The average molecular weight is 629 g/mol. The van der Waals surface area contributed by atoms with Gasteiger partial charge in [0.25, 0.3) is 5.91 Å². The van der Waals surface area contributed by atoms with Crippen LogP contribution >= 0.6 is 23.2 Å². The predicted molar refractivity (Wildman–Crippen MR) is 154 cm³/mol. The number of nitrogens with zero attached hydrogens (tertiary/aromatic N) is 2. The Morgan fingerprint density at radius 3 is 2.40 bits per heavy atom. The normalized spacial score (nSPS) is 11.9. The second-order valence-electron chi connectivity index (χ2n) is 10.6. The fraction of sp³-hybridized carbons (Fsp3) is 0.367.